The predicted molar refractivity (Wildman–Crippen MR) is 64.8 cm³/mol. The van der Waals surface area contributed by atoms with Gasteiger partial charge in [-0.15, -0.1) is 0 Å². The lowest BCUT2D eigenvalue weighted by Gasteiger charge is -2.23. The van der Waals surface area contributed by atoms with Crippen molar-refractivity contribution in [1.29, 1.82) is 5.26 Å². The summed E-state index contributed by atoms with van der Waals surface area (Å²) < 4.78 is 1.59. The van der Waals surface area contributed by atoms with Crippen LogP contribution in [0.4, 0.5) is 0 Å². The number of rotatable bonds is 3. The Morgan fingerprint density at radius 3 is 3.00 bits per heavy atom. The molecule has 1 amide bonds. The van der Waals surface area contributed by atoms with Crippen LogP contribution in [0.2, 0.25) is 0 Å². The summed E-state index contributed by atoms with van der Waals surface area (Å²) in [6.45, 7) is 3.81. The van der Waals surface area contributed by atoms with Crippen LogP contribution in [-0.4, -0.2) is 38.0 Å². The minimum atomic E-state index is -0.199. The minimum absolute atomic E-state index is 0.0382. The molecule has 0 spiro atoms. The molecule has 18 heavy (non-hydrogen) atoms. The van der Waals surface area contributed by atoms with E-state index in [0.717, 1.165) is 0 Å². The van der Waals surface area contributed by atoms with Crippen LogP contribution < -0.4 is 0 Å². The molecule has 0 aliphatic rings. The highest BCUT2D eigenvalue weighted by molar-refractivity contribution is 6.00. The zero-order valence-electron chi connectivity index (χ0n) is 10.2. The molecule has 6 heteroatoms. The maximum atomic E-state index is 12.3. The van der Waals surface area contributed by atoms with Gasteiger partial charge in [0.05, 0.1) is 29.5 Å². The van der Waals surface area contributed by atoms with Gasteiger partial charge in [-0.1, -0.05) is 0 Å². The third kappa shape index (κ3) is 2.02. The first-order valence-corrected chi connectivity index (χ1v) is 5.60. The molecule has 0 atom stereocenters. The van der Waals surface area contributed by atoms with E-state index in [9.17, 15) is 4.79 Å². The molecule has 0 saturated carbocycles. The highest BCUT2D eigenvalue weighted by Gasteiger charge is 2.21. The van der Waals surface area contributed by atoms with Gasteiger partial charge in [0.1, 0.15) is 6.54 Å². The van der Waals surface area contributed by atoms with E-state index in [4.69, 9.17) is 5.26 Å². The van der Waals surface area contributed by atoms with Crippen molar-refractivity contribution in [3.63, 3.8) is 0 Å². The molecule has 6 nitrogen and oxygen atoms in total. The number of nitriles is 1. The lowest BCUT2D eigenvalue weighted by Crippen LogP contribution is -2.37. The van der Waals surface area contributed by atoms with Gasteiger partial charge in [0.25, 0.3) is 5.91 Å². The highest BCUT2D eigenvalue weighted by Crippen LogP contribution is 2.13. The van der Waals surface area contributed by atoms with Gasteiger partial charge in [-0.25, -0.2) is 4.52 Å². The Labute approximate surface area is 104 Å². The van der Waals surface area contributed by atoms with Crippen molar-refractivity contribution in [1.82, 2.24) is 19.5 Å². The first kappa shape index (κ1) is 12.0. The van der Waals surface area contributed by atoms with E-state index in [-0.39, 0.29) is 18.5 Å². The zero-order valence-corrected chi connectivity index (χ0v) is 10.2. The molecule has 0 saturated heterocycles. The summed E-state index contributed by atoms with van der Waals surface area (Å²) in [7, 11) is 0. The first-order chi connectivity index (χ1) is 8.65. The van der Waals surface area contributed by atoms with E-state index in [0.29, 0.717) is 11.1 Å². The van der Waals surface area contributed by atoms with Gasteiger partial charge < -0.3 is 4.90 Å². The second kappa shape index (κ2) is 4.84. The molecule has 0 radical (unpaired) electrons. The van der Waals surface area contributed by atoms with Crippen molar-refractivity contribution in [2.45, 2.75) is 19.9 Å². The fourth-order valence-electron chi connectivity index (χ4n) is 1.72. The van der Waals surface area contributed by atoms with Gasteiger partial charge in [0.15, 0.2) is 0 Å². The van der Waals surface area contributed by atoms with E-state index < -0.39 is 0 Å². The van der Waals surface area contributed by atoms with Crippen molar-refractivity contribution < 1.29 is 4.79 Å². The van der Waals surface area contributed by atoms with Gasteiger partial charge >= 0.3 is 0 Å². The summed E-state index contributed by atoms with van der Waals surface area (Å²) in [5.41, 5.74) is 1.11. The van der Waals surface area contributed by atoms with Crippen molar-refractivity contribution in [2.24, 2.45) is 0 Å². The summed E-state index contributed by atoms with van der Waals surface area (Å²) >= 11 is 0. The predicted octanol–water partition coefficient (Wildman–Crippen LogP) is 1.10. The van der Waals surface area contributed by atoms with Crippen LogP contribution in [0.1, 0.15) is 24.2 Å². The lowest BCUT2D eigenvalue weighted by molar-refractivity contribution is 0.0733. The molecule has 0 aromatic carbocycles. The molecule has 0 bridgehead atoms. The van der Waals surface area contributed by atoms with Crippen LogP contribution in [0.5, 0.6) is 0 Å². The Kier molecular flexibility index (Phi) is 3.24. The van der Waals surface area contributed by atoms with Crippen molar-refractivity contribution >= 4 is 11.4 Å². The van der Waals surface area contributed by atoms with Crippen molar-refractivity contribution in [3.05, 3.63) is 30.4 Å². The minimum Gasteiger partial charge on any atom is -0.323 e. The quantitative estimate of drug-likeness (QED) is 0.757. The molecule has 0 fully saturated rings. The number of nitrogens with zero attached hydrogens (tertiary/aromatic N) is 5. The average molecular weight is 243 g/mol. The van der Waals surface area contributed by atoms with Crippen LogP contribution >= 0.6 is 0 Å². The molecule has 2 aromatic rings. The summed E-state index contributed by atoms with van der Waals surface area (Å²) in [5.74, 6) is -0.199. The number of carbonyl (C=O) groups excluding carboxylic acids is 1. The Bertz CT molecular complexity index is 610. The summed E-state index contributed by atoms with van der Waals surface area (Å²) in [5, 5.41) is 12.9. The van der Waals surface area contributed by atoms with Crippen molar-refractivity contribution in [3.8, 4) is 6.07 Å². The standard InChI is InChI=1S/C12H13N5O/c1-9(2)16(5-3-13)12(18)10-7-15-17-6-4-14-8-11(10)17/h4,6-9H,5H2,1-2H3. The maximum Gasteiger partial charge on any atom is 0.258 e. The normalized spacial score (nSPS) is 10.6. The molecule has 2 heterocycles. The number of fused-ring (bicyclic) bond motifs is 1. The monoisotopic (exact) mass is 243 g/mol. The number of hydrogen-bond acceptors (Lipinski definition) is 4. The Hall–Kier alpha value is -2.42. The van der Waals surface area contributed by atoms with E-state index in [1.807, 2.05) is 19.9 Å². The van der Waals surface area contributed by atoms with Crippen LogP contribution in [0, 0.1) is 11.3 Å². The summed E-state index contributed by atoms with van der Waals surface area (Å²) in [4.78, 5) is 17.8. The van der Waals surface area contributed by atoms with E-state index >= 15 is 0 Å². The van der Waals surface area contributed by atoms with Crippen LogP contribution in [0.3, 0.4) is 0 Å². The summed E-state index contributed by atoms with van der Waals surface area (Å²) in [6.07, 6.45) is 6.37. The lowest BCUT2D eigenvalue weighted by atomic mass is 10.2. The number of hydrogen-bond donors (Lipinski definition) is 0. The SMILES string of the molecule is CC(C)N(CC#N)C(=O)c1cnn2ccncc12. The summed E-state index contributed by atoms with van der Waals surface area (Å²) in [6, 6.07) is 1.96. The topological polar surface area (TPSA) is 74.3 Å². The van der Waals surface area contributed by atoms with Gasteiger partial charge in [0, 0.05) is 18.4 Å². The molecule has 92 valence electrons. The molecule has 2 rings (SSSR count). The fraction of sp³-hybridized carbons (Fsp3) is 0.333. The average Bonchev–Trinajstić information content (AvgIpc) is 2.78. The van der Waals surface area contributed by atoms with Crippen LogP contribution in [0.25, 0.3) is 5.52 Å². The maximum absolute atomic E-state index is 12.3. The molecule has 0 N–H and O–H groups in total. The van der Waals surface area contributed by atoms with Gasteiger partial charge in [0.2, 0.25) is 0 Å². The second-order valence-corrected chi connectivity index (χ2v) is 4.15. The zero-order chi connectivity index (χ0) is 13.1. The third-order valence-electron chi connectivity index (χ3n) is 2.68. The van der Waals surface area contributed by atoms with Gasteiger partial charge in [-0.3, -0.25) is 9.78 Å². The van der Waals surface area contributed by atoms with E-state index in [1.165, 1.54) is 11.1 Å². The van der Waals surface area contributed by atoms with Gasteiger partial charge in [-0.2, -0.15) is 10.4 Å². The Morgan fingerprint density at radius 2 is 2.33 bits per heavy atom. The number of carbonyl (C=O) groups is 1. The van der Waals surface area contributed by atoms with E-state index in [1.54, 1.807) is 23.1 Å². The molecule has 0 aliphatic heterocycles. The fourth-order valence-corrected chi connectivity index (χ4v) is 1.72. The van der Waals surface area contributed by atoms with Crippen LogP contribution in [-0.2, 0) is 0 Å². The third-order valence-corrected chi connectivity index (χ3v) is 2.68. The van der Waals surface area contributed by atoms with Crippen molar-refractivity contribution in [2.75, 3.05) is 6.54 Å². The largest absolute Gasteiger partial charge is 0.323 e. The number of amides is 1. The second-order valence-electron chi connectivity index (χ2n) is 4.15. The first-order valence-electron chi connectivity index (χ1n) is 5.60. The highest BCUT2D eigenvalue weighted by atomic mass is 16.2. The van der Waals surface area contributed by atoms with Crippen LogP contribution in [0.15, 0.2) is 24.8 Å². The molecular weight excluding hydrogens is 230 g/mol. The molecular formula is C12H13N5O. The Morgan fingerprint density at radius 1 is 1.56 bits per heavy atom. The number of aromatic nitrogens is 3. The molecule has 0 aliphatic carbocycles. The van der Waals surface area contributed by atoms with Gasteiger partial charge in [-0.05, 0) is 13.8 Å². The molecule has 2 aromatic heterocycles. The smallest absolute Gasteiger partial charge is 0.258 e. The Balaban J connectivity index is 2.41. The molecule has 0 unspecified atom stereocenters. The van der Waals surface area contributed by atoms with E-state index in [2.05, 4.69) is 10.1 Å².